The van der Waals surface area contributed by atoms with Crippen LogP contribution < -0.4 is 10.4 Å². The van der Waals surface area contributed by atoms with Crippen LogP contribution in [-0.4, -0.2) is 11.8 Å². The molecule has 0 saturated heterocycles. The van der Waals surface area contributed by atoms with Crippen LogP contribution in [0.1, 0.15) is 54.4 Å². The molecule has 0 unspecified atom stereocenters. The number of rotatable bonds is 3. The summed E-state index contributed by atoms with van der Waals surface area (Å²) in [5, 5.41) is 17.0. The average Bonchev–Trinajstić information content (AvgIpc) is 3.32. The van der Waals surface area contributed by atoms with Crippen LogP contribution in [0, 0.1) is 5.41 Å². The number of allylic oxidation sites excluding steroid dienone is 1. The molecule has 0 bridgehead atoms. The second-order valence-corrected chi connectivity index (χ2v) is 10.2. The summed E-state index contributed by atoms with van der Waals surface area (Å²) in [6.07, 6.45) is 1.30. The van der Waals surface area contributed by atoms with Crippen molar-refractivity contribution < 1.29 is 19.1 Å². The Kier molecular flexibility index (Phi) is 4.71. The first kappa shape index (κ1) is 21.4. The maximum absolute atomic E-state index is 13.6. The SMILES string of the molecule is CC1(C)CC(=O)C2=C(C1)c1c(ccc3ccccc13)N[C@@H]2c1ccc(-c2ccc(C(=O)[O-])cc2)o1. The van der Waals surface area contributed by atoms with Crippen molar-refractivity contribution in [2.75, 3.05) is 5.32 Å². The number of fused-ring (bicyclic) bond motifs is 4. The number of carbonyl (C=O) groups excluding carboxylic acids is 2. The van der Waals surface area contributed by atoms with E-state index in [9.17, 15) is 14.7 Å². The number of nitrogens with one attached hydrogen (secondary N) is 1. The topological polar surface area (TPSA) is 82.4 Å². The molecule has 4 aromatic rings. The highest BCUT2D eigenvalue weighted by Gasteiger charge is 2.41. The normalized spacial score (nSPS) is 18.7. The monoisotopic (exact) mass is 462 g/mol. The van der Waals surface area contributed by atoms with Gasteiger partial charge in [0.25, 0.3) is 0 Å². The lowest BCUT2D eigenvalue weighted by molar-refractivity contribution is -0.255. The molecule has 1 N–H and O–H groups in total. The Morgan fingerprint density at radius 1 is 0.971 bits per heavy atom. The maximum Gasteiger partial charge on any atom is 0.162 e. The van der Waals surface area contributed by atoms with Crippen molar-refractivity contribution in [3.05, 3.63) is 95.3 Å². The van der Waals surface area contributed by atoms with Gasteiger partial charge in [-0.1, -0.05) is 68.4 Å². The van der Waals surface area contributed by atoms with Crippen LogP contribution >= 0.6 is 0 Å². The minimum atomic E-state index is -1.22. The molecule has 5 heteroatoms. The molecule has 3 aromatic carbocycles. The molecule has 6 rings (SSSR count). The molecular formula is C30H24NO4-. The van der Waals surface area contributed by atoms with Crippen LogP contribution in [0.4, 0.5) is 5.69 Å². The first-order valence-electron chi connectivity index (χ1n) is 11.8. The molecule has 0 spiro atoms. The predicted molar refractivity (Wildman–Crippen MR) is 134 cm³/mol. The summed E-state index contributed by atoms with van der Waals surface area (Å²) >= 11 is 0. The molecule has 0 fully saturated rings. The summed E-state index contributed by atoms with van der Waals surface area (Å²) in [4.78, 5) is 24.6. The first-order valence-corrected chi connectivity index (χ1v) is 11.8. The molecule has 1 aliphatic carbocycles. The molecule has 5 nitrogen and oxygen atoms in total. The molecule has 35 heavy (non-hydrogen) atoms. The van der Waals surface area contributed by atoms with Crippen molar-refractivity contribution in [1.82, 2.24) is 0 Å². The Labute approximate surface area is 203 Å². The van der Waals surface area contributed by atoms with Gasteiger partial charge < -0.3 is 19.6 Å². The Morgan fingerprint density at radius 2 is 1.74 bits per heavy atom. The van der Waals surface area contributed by atoms with Gasteiger partial charge in [0.15, 0.2) is 5.78 Å². The van der Waals surface area contributed by atoms with E-state index in [0.717, 1.165) is 45.2 Å². The van der Waals surface area contributed by atoms with E-state index in [1.807, 2.05) is 24.3 Å². The van der Waals surface area contributed by atoms with Crippen molar-refractivity contribution in [2.24, 2.45) is 5.41 Å². The number of carboxylic acids is 1. The minimum Gasteiger partial charge on any atom is -0.545 e. The molecule has 0 amide bonds. The molecular weight excluding hydrogens is 438 g/mol. The summed E-state index contributed by atoms with van der Waals surface area (Å²) in [6.45, 7) is 4.30. The van der Waals surface area contributed by atoms with Crippen LogP contribution in [0.2, 0.25) is 0 Å². The highest BCUT2D eigenvalue weighted by atomic mass is 16.4. The van der Waals surface area contributed by atoms with Gasteiger partial charge in [0.1, 0.15) is 17.6 Å². The van der Waals surface area contributed by atoms with Crippen molar-refractivity contribution in [3.8, 4) is 11.3 Å². The molecule has 1 aromatic heterocycles. The lowest BCUT2D eigenvalue weighted by Crippen LogP contribution is -2.33. The van der Waals surface area contributed by atoms with Gasteiger partial charge in [0, 0.05) is 28.8 Å². The van der Waals surface area contributed by atoms with Crippen molar-refractivity contribution >= 4 is 33.8 Å². The second-order valence-electron chi connectivity index (χ2n) is 10.2. The van der Waals surface area contributed by atoms with E-state index in [1.54, 1.807) is 12.1 Å². The number of hydrogen-bond acceptors (Lipinski definition) is 5. The number of furan rings is 1. The van der Waals surface area contributed by atoms with Gasteiger partial charge in [-0.3, -0.25) is 4.79 Å². The fourth-order valence-electron chi connectivity index (χ4n) is 5.48. The highest BCUT2D eigenvalue weighted by Crippen LogP contribution is 2.52. The van der Waals surface area contributed by atoms with Crippen LogP contribution in [0.5, 0.6) is 0 Å². The minimum absolute atomic E-state index is 0.114. The molecule has 1 aliphatic heterocycles. The van der Waals surface area contributed by atoms with Crippen molar-refractivity contribution in [1.29, 1.82) is 0 Å². The summed E-state index contributed by atoms with van der Waals surface area (Å²) < 4.78 is 6.25. The van der Waals surface area contributed by atoms with Gasteiger partial charge in [0.05, 0.1) is 5.97 Å². The third-order valence-corrected chi connectivity index (χ3v) is 7.06. The second kappa shape index (κ2) is 7.70. The van der Waals surface area contributed by atoms with E-state index < -0.39 is 12.0 Å². The third kappa shape index (κ3) is 3.55. The van der Waals surface area contributed by atoms with Gasteiger partial charge in [-0.15, -0.1) is 0 Å². The van der Waals surface area contributed by atoms with Gasteiger partial charge in [-0.05, 0) is 51.9 Å². The number of Topliss-reactive ketones (excluding diaryl/α,β-unsaturated/α-hetero) is 1. The molecule has 0 saturated carbocycles. The molecule has 1 atom stereocenters. The molecule has 2 aliphatic rings. The molecule has 2 heterocycles. The van der Waals surface area contributed by atoms with E-state index in [1.165, 1.54) is 12.1 Å². The Bertz CT molecular complexity index is 1540. The maximum atomic E-state index is 13.6. The van der Waals surface area contributed by atoms with Crippen LogP contribution in [0.25, 0.3) is 27.7 Å². The molecule has 174 valence electrons. The predicted octanol–water partition coefficient (Wildman–Crippen LogP) is 5.77. The summed E-state index contributed by atoms with van der Waals surface area (Å²) in [5.74, 6) is 0.196. The number of ketones is 1. The lowest BCUT2D eigenvalue weighted by atomic mass is 9.68. The third-order valence-electron chi connectivity index (χ3n) is 7.06. The molecule has 0 radical (unpaired) electrons. The summed E-state index contributed by atoms with van der Waals surface area (Å²) in [5.41, 5.74) is 4.73. The number of carbonyl (C=O) groups is 2. The van der Waals surface area contributed by atoms with Crippen LogP contribution in [0.3, 0.4) is 0 Å². The van der Waals surface area contributed by atoms with Crippen LogP contribution in [-0.2, 0) is 4.79 Å². The smallest absolute Gasteiger partial charge is 0.162 e. The van der Waals surface area contributed by atoms with E-state index in [2.05, 4.69) is 43.4 Å². The fourth-order valence-corrected chi connectivity index (χ4v) is 5.48. The zero-order valence-corrected chi connectivity index (χ0v) is 19.6. The Balaban J connectivity index is 1.48. The highest BCUT2D eigenvalue weighted by molar-refractivity contribution is 6.12. The zero-order chi connectivity index (χ0) is 24.3. The lowest BCUT2D eigenvalue weighted by Gasteiger charge is -2.39. The number of aromatic carboxylic acids is 1. The first-order chi connectivity index (χ1) is 16.8. The van der Waals surface area contributed by atoms with Gasteiger partial charge in [-0.25, -0.2) is 0 Å². The van der Waals surface area contributed by atoms with E-state index in [-0.39, 0.29) is 16.8 Å². The fraction of sp³-hybridized carbons (Fsp3) is 0.200. The zero-order valence-electron chi connectivity index (χ0n) is 19.6. The Hall–Kier alpha value is -4.12. The number of hydrogen-bond donors (Lipinski definition) is 1. The Morgan fingerprint density at radius 3 is 2.51 bits per heavy atom. The van der Waals surface area contributed by atoms with Crippen LogP contribution in [0.15, 0.2) is 82.8 Å². The van der Waals surface area contributed by atoms with E-state index in [4.69, 9.17) is 4.42 Å². The van der Waals surface area contributed by atoms with Gasteiger partial charge in [-0.2, -0.15) is 0 Å². The number of anilines is 1. The average molecular weight is 463 g/mol. The van der Waals surface area contributed by atoms with Gasteiger partial charge >= 0.3 is 0 Å². The largest absolute Gasteiger partial charge is 0.545 e. The van der Waals surface area contributed by atoms with E-state index in [0.29, 0.717) is 17.9 Å². The van der Waals surface area contributed by atoms with Gasteiger partial charge in [0.2, 0.25) is 0 Å². The standard InChI is InChI=1S/C30H25NO4/c1-30(2)15-21-26-20-6-4-3-5-17(20)11-12-22(26)31-28(27(21)23(32)16-30)25-14-13-24(35-25)18-7-9-19(10-8-18)29(33)34/h3-14,28,31H,15-16H2,1-2H3,(H,33,34)/p-1/t28-/m1/s1. The van der Waals surface area contributed by atoms with Crippen molar-refractivity contribution in [2.45, 2.75) is 32.7 Å². The summed E-state index contributed by atoms with van der Waals surface area (Å²) in [7, 11) is 0. The van der Waals surface area contributed by atoms with Crippen molar-refractivity contribution in [3.63, 3.8) is 0 Å². The number of benzene rings is 3. The summed E-state index contributed by atoms with van der Waals surface area (Å²) in [6, 6.07) is 22.2. The number of carboxylic acid groups (broad SMARTS) is 1. The van der Waals surface area contributed by atoms with E-state index >= 15 is 0 Å². The quantitative estimate of drug-likeness (QED) is 0.418.